The average molecular weight is 323 g/mol. The molecule has 1 heterocycles. The van der Waals surface area contributed by atoms with Crippen molar-refractivity contribution in [2.45, 2.75) is 13.0 Å². The van der Waals surface area contributed by atoms with Crippen LogP contribution < -0.4 is 10.6 Å². The molecule has 5 heteroatoms. The molecule has 0 fully saturated rings. The zero-order valence-corrected chi connectivity index (χ0v) is 13.7. The summed E-state index contributed by atoms with van der Waals surface area (Å²) in [6.45, 7) is 2.57. The van der Waals surface area contributed by atoms with E-state index in [0.29, 0.717) is 11.6 Å². The third kappa shape index (κ3) is 4.30. The van der Waals surface area contributed by atoms with Crippen LogP contribution in [0, 0.1) is 5.92 Å². The van der Waals surface area contributed by atoms with E-state index in [2.05, 4.69) is 10.6 Å². The summed E-state index contributed by atoms with van der Waals surface area (Å²) in [4.78, 5) is 13.4. The van der Waals surface area contributed by atoms with Gasteiger partial charge in [-0.3, -0.25) is 4.79 Å². The molecule has 0 spiro atoms. The third-order valence-corrected chi connectivity index (χ3v) is 4.46. The molecule has 2 atom stereocenters. The predicted molar refractivity (Wildman–Crippen MR) is 88.8 cm³/mol. The van der Waals surface area contributed by atoms with Crippen molar-refractivity contribution in [1.82, 2.24) is 10.6 Å². The minimum Gasteiger partial charge on any atom is -0.344 e. The molecule has 112 valence electrons. The highest BCUT2D eigenvalue weighted by Crippen LogP contribution is 2.27. The van der Waals surface area contributed by atoms with E-state index in [0.717, 1.165) is 10.4 Å². The van der Waals surface area contributed by atoms with Gasteiger partial charge in [0, 0.05) is 22.4 Å². The van der Waals surface area contributed by atoms with Gasteiger partial charge in [0.25, 0.3) is 0 Å². The molecule has 2 unspecified atom stereocenters. The molecule has 1 aromatic carbocycles. The van der Waals surface area contributed by atoms with Gasteiger partial charge in [-0.15, -0.1) is 11.3 Å². The molecular weight excluding hydrogens is 304 g/mol. The second kappa shape index (κ2) is 7.59. The Hall–Kier alpha value is -1.36. The van der Waals surface area contributed by atoms with Crippen LogP contribution in [0.3, 0.4) is 0 Å². The van der Waals surface area contributed by atoms with Crippen molar-refractivity contribution >= 4 is 28.8 Å². The van der Waals surface area contributed by atoms with Gasteiger partial charge in [0.15, 0.2) is 0 Å². The Morgan fingerprint density at radius 3 is 2.57 bits per heavy atom. The van der Waals surface area contributed by atoms with Crippen molar-refractivity contribution in [1.29, 1.82) is 0 Å². The highest BCUT2D eigenvalue weighted by atomic mass is 35.5. The number of rotatable bonds is 6. The smallest absolute Gasteiger partial charge is 0.224 e. The summed E-state index contributed by atoms with van der Waals surface area (Å²) in [5, 5.41) is 8.86. The van der Waals surface area contributed by atoms with Crippen molar-refractivity contribution in [2.24, 2.45) is 5.92 Å². The van der Waals surface area contributed by atoms with E-state index < -0.39 is 0 Å². The molecule has 2 rings (SSSR count). The molecule has 21 heavy (non-hydrogen) atoms. The molecule has 0 bridgehead atoms. The first-order chi connectivity index (χ1) is 10.1. The minimum absolute atomic E-state index is 0.0395. The van der Waals surface area contributed by atoms with Crippen molar-refractivity contribution in [3.05, 3.63) is 57.2 Å². The predicted octanol–water partition coefficient (Wildman–Crippen LogP) is 3.46. The Morgan fingerprint density at radius 2 is 2.00 bits per heavy atom. The molecule has 1 amide bonds. The van der Waals surface area contributed by atoms with Crippen molar-refractivity contribution in [2.75, 3.05) is 13.6 Å². The summed E-state index contributed by atoms with van der Waals surface area (Å²) in [6, 6.07) is 11.5. The molecule has 1 aromatic heterocycles. The number of benzene rings is 1. The van der Waals surface area contributed by atoms with Gasteiger partial charge in [0.05, 0.1) is 6.04 Å². The summed E-state index contributed by atoms with van der Waals surface area (Å²) < 4.78 is 0. The average Bonchev–Trinajstić information content (AvgIpc) is 3.00. The molecule has 0 radical (unpaired) electrons. The Kier molecular flexibility index (Phi) is 5.79. The molecule has 0 saturated carbocycles. The molecule has 3 nitrogen and oxygen atoms in total. The van der Waals surface area contributed by atoms with Gasteiger partial charge in [-0.1, -0.05) is 36.7 Å². The second-order valence-corrected chi connectivity index (χ2v) is 6.38. The zero-order valence-electron chi connectivity index (χ0n) is 12.1. The van der Waals surface area contributed by atoms with Gasteiger partial charge < -0.3 is 10.6 Å². The topological polar surface area (TPSA) is 41.1 Å². The molecule has 0 aliphatic carbocycles. The Morgan fingerprint density at radius 1 is 1.29 bits per heavy atom. The van der Waals surface area contributed by atoms with Crippen molar-refractivity contribution < 1.29 is 4.79 Å². The second-order valence-electron chi connectivity index (χ2n) is 4.97. The number of nitrogens with one attached hydrogen (secondary N) is 2. The summed E-state index contributed by atoms with van der Waals surface area (Å²) >= 11 is 7.58. The number of hydrogen-bond donors (Lipinski definition) is 2. The number of amides is 1. The number of carbonyl (C=O) groups excluding carboxylic acids is 1. The molecule has 2 aromatic rings. The van der Waals surface area contributed by atoms with E-state index >= 15 is 0 Å². The number of halogens is 1. The highest BCUT2D eigenvalue weighted by molar-refractivity contribution is 7.10. The normalized spacial score (nSPS) is 13.7. The highest BCUT2D eigenvalue weighted by Gasteiger charge is 2.20. The first-order valence-corrected chi connectivity index (χ1v) is 8.11. The van der Waals surface area contributed by atoms with Crippen LogP contribution in [0.5, 0.6) is 0 Å². The fraction of sp³-hybridized carbons (Fsp3) is 0.312. The standard InChI is InChI=1S/C16H19ClN2OS/c1-11(10-18-2)16(20)19-15(14-4-3-9-21-14)12-5-7-13(17)8-6-12/h3-9,11,15,18H,10H2,1-2H3,(H,19,20). The molecular formula is C16H19ClN2OS. The monoisotopic (exact) mass is 322 g/mol. The van der Waals surface area contributed by atoms with Crippen LogP contribution >= 0.6 is 22.9 Å². The summed E-state index contributed by atoms with van der Waals surface area (Å²) in [7, 11) is 1.85. The maximum atomic E-state index is 12.3. The Bertz CT molecular complexity index is 568. The summed E-state index contributed by atoms with van der Waals surface area (Å²) in [5.74, 6) is -0.0394. The maximum Gasteiger partial charge on any atom is 0.224 e. The van der Waals surface area contributed by atoms with Gasteiger partial charge in [0.1, 0.15) is 0 Å². The van der Waals surface area contributed by atoms with Gasteiger partial charge in [-0.05, 0) is 36.2 Å². The van der Waals surface area contributed by atoms with E-state index in [1.165, 1.54) is 0 Å². The van der Waals surface area contributed by atoms with Crippen LogP contribution in [0.2, 0.25) is 5.02 Å². The fourth-order valence-electron chi connectivity index (χ4n) is 2.11. The minimum atomic E-state index is -0.130. The summed E-state index contributed by atoms with van der Waals surface area (Å²) in [5.41, 5.74) is 1.03. The largest absolute Gasteiger partial charge is 0.344 e. The van der Waals surface area contributed by atoms with Gasteiger partial charge >= 0.3 is 0 Å². The van der Waals surface area contributed by atoms with E-state index in [1.54, 1.807) is 11.3 Å². The van der Waals surface area contributed by atoms with Crippen LogP contribution in [-0.4, -0.2) is 19.5 Å². The molecule has 0 aliphatic rings. The van der Waals surface area contributed by atoms with Crippen LogP contribution in [-0.2, 0) is 4.79 Å². The number of thiophene rings is 1. The quantitative estimate of drug-likeness (QED) is 0.855. The first-order valence-electron chi connectivity index (χ1n) is 6.85. The summed E-state index contributed by atoms with van der Waals surface area (Å²) in [6.07, 6.45) is 0. The van der Waals surface area contributed by atoms with Crippen molar-refractivity contribution in [3.8, 4) is 0 Å². The van der Waals surface area contributed by atoms with E-state index in [-0.39, 0.29) is 17.9 Å². The lowest BCUT2D eigenvalue weighted by atomic mass is 10.0. The van der Waals surface area contributed by atoms with Crippen LogP contribution in [0.1, 0.15) is 23.4 Å². The molecule has 2 N–H and O–H groups in total. The fourth-order valence-corrected chi connectivity index (χ4v) is 3.04. The lowest BCUT2D eigenvalue weighted by Crippen LogP contribution is -2.36. The lowest BCUT2D eigenvalue weighted by molar-refractivity contribution is -0.124. The van der Waals surface area contributed by atoms with Crippen LogP contribution in [0.15, 0.2) is 41.8 Å². The van der Waals surface area contributed by atoms with Crippen molar-refractivity contribution in [3.63, 3.8) is 0 Å². The Balaban J connectivity index is 2.21. The molecule has 0 aliphatic heterocycles. The van der Waals surface area contributed by atoms with Crippen LogP contribution in [0.25, 0.3) is 0 Å². The zero-order chi connectivity index (χ0) is 15.2. The number of carbonyl (C=O) groups is 1. The third-order valence-electron chi connectivity index (χ3n) is 3.28. The first kappa shape index (κ1) is 16.0. The van der Waals surface area contributed by atoms with Gasteiger partial charge in [0.2, 0.25) is 5.91 Å². The number of hydrogen-bond acceptors (Lipinski definition) is 3. The van der Waals surface area contributed by atoms with Gasteiger partial charge in [-0.2, -0.15) is 0 Å². The van der Waals surface area contributed by atoms with E-state index in [4.69, 9.17) is 11.6 Å². The molecule has 0 saturated heterocycles. The van der Waals surface area contributed by atoms with E-state index in [9.17, 15) is 4.79 Å². The maximum absolute atomic E-state index is 12.3. The Labute approximate surface area is 134 Å². The SMILES string of the molecule is CNCC(C)C(=O)NC(c1ccc(Cl)cc1)c1cccs1. The van der Waals surface area contributed by atoms with Gasteiger partial charge in [-0.25, -0.2) is 0 Å². The van der Waals surface area contributed by atoms with Crippen LogP contribution in [0.4, 0.5) is 0 Å². The lowest BCUT2D eigenvalue weighted by Gasteiger charge is -2.20. The van der Waals surface area contributed by atoms with E-state index in [1.807, 2.05) is 55.7 Å².